The zero-order chi connectivity index (χ0) is 13.0. The number of hydrogen-bond donors (Lipinski definition) is 1. The number of carbonyl (C=O) groups excluding carboxylic acids is 1. The van der Waals surface area contributed by atoms with Gasteiger partial charge in [0, 0.05) is 19.6 Å². The number of nitrogens with zero attached hydrogens (tertiary/aromatic N) is 3. The Morgan fingerprint density at radius 2 is 2.50 bits per heavy atom. The molecule has 2 rings (SSSR count). The highest BCUT2D eigenvalue weighted by atomic mass is 35.5. The Balaban J connectivity index is 1.84. The summed E-state index contributed by atoms with van der Waals surface area (Å²) in [6.45, 7) is 2.87. The van der Waals surface area contributed by atoms with E-state index in [1.54, 1.807) is 0 Å². The Labute approximate surface area is 110 Å². The van der Waals surface area contributed by atoms with E-state index in [0.717, 1.165) is 13.1 Å². The van der Waals surface area contributed by atoms with E-state index in [2.05, 4.69) is 20.2 Å². The first kappa shape index (κ1) is 13.2. The van der Waals surface area contributed by atoms with Crippen molar-refractivity contribution in [1.82, 2.24) is 20.2 Å². The minimum atomic E-state index is -0.290. The molecule has 1 aliphatic rings. The minimum Gasteiger partial charge on any atom is -0.374 e. The number of rotatable bonds is 3. The molecule has 18 heavy (non-hydrogen) atoms. The molecule has 0 aliphatic carbocycles. The molecule has 0 aromatic carbocycles. The van der Waals surface area contributed by atoms with Crippen molar-refractivity contribution < 1.29 is 9.53 Å². The van der Waals surface area contributed by atoms with Crippen molar-refractivity contribution >= 4 is 17.5 Å². The van der Waals surface area contributed by atoms with E-state index in [1.165, 1.54) is 12.4 Å². The summed E-state index contributed by atoms with van der Waals surface area (Å²) in [6.07, 6.45) is 2.78. The second kappa shape index (κ2) is 6.08. The molecular weight excluding hydrogens is 256 g/mol. The molecule has 1 aliphatic heterocycles. The Bertz CT molecular complexity index is 429. The number of ether oxygens (including phenoxy) is 1. The zero-order valence-electron chi connectivity index (χ0n) is 10.1. The molecule has 1 saturated heterocycles. The van der Waals surface area contributed by atoms with Gasteiger partial charge in [-0.2, -0.15) is 0 Å². The summed E-state index contributed by atoms with van der Waals surface area (Å²) in [7, 11) is 2.03. The normalized spacial score (nSPS) is 20.7. The molecule has 0 saturated carbocycles. The van der Waals surface area contributed by atoms with Crippen LogP contribution in [0, 0.1) is 0 Å². The number of carbonyl (C=O) groups is 1. The van der Waals surface area contributed by atoms with Crippen LogP contribution in [0.4, 0.5) is 0 Å². The van der Waals surface area contributed by atoms with Gasteiger partial charge in [0.1, 0.15) is 10.8 Å². The Kier molecular flexibility index (Phi) is 4.46. The monoisotopic (exact) mass is 270 g/mol. The first-order chi connectivity index (χ1) is 8.65. The second-order valence-corrected chi connectivity index (χ2v) is 4.58. The van der Waals surface area contributed by atoms with E-state index in [0.29, 0.717) is 13.2 Å². The molecule has 1 fully saturated rings. The zero-order valence-corrected chi connectivity index (χ0v) is 10.9. The number of nitrogens with one attached hydrogen (secondary N) is 1. The van der Waals surface area contributed by atoms with Crippen LogP contribution in [-0.4, -0.2) is 60.2 Å². The Hall–Kier alpha value is -1.24. The van der Waals surface area contributed by atoms with Crippen LogP contribution < -0.4 is 5.32 Å². The summed E-state index contributed by atoms with van der Waals surface area (Å²) < 4.78 is 5.54. The van der Waals surface area contributed by atoms with Crippen molar-refractivity contribution in [3.8, 4) is 0 Å². The number of morpholine rings is 1. The molecule has 1 N–H and O–H groups in total. The molecule has 1 unspecified atom stereocenters. The molecule has 0 radical (unpaired) electrons. The van der Waals surface area contributed by atoms with Crippen LogP contribution in [0.3, 0.4) is 0 Å². The minimum absolute atomic E-state index is 0.0137. The quantitative estimate of drug-likeness (QED) is 0.849. The number of hydrogen-bond acceptors (Lipinski definition) is 5. The summed E-state index contributed by atoms with van der Waals surface area (Å²) in [6, 6.07) is 0. The fourth-order valence-electron chi connectivity index (χ4n) is 1.74. The molecule has 2 heterocycles. The molecule has 1 aromatic heterocycles. The highest BCUT2D eigenvalue weighted by Crippen LogP contribution is 2.04. The van der Waals surface area contributed by atoms with Gasteiger partial charge in [0.05, 0.1) is 25.1 Å². The van der Waals surface area contributed by atoms with Crippen LogP contribution in [0.25, 0.3) is 0 Å². The summed E-state index contributed by atoms with van der Waals surface area (Å²) in [5, 5.41) is 2.97. The summed E-state index contributed by atoms with van der Waals surface area (Å²) >= 11 is 5.67. The molecule has 6 nitrogen and oxygen atoms in total. The fraction of sp³-hybridized carbons (Fsp3) is 0.545. The van der Waals surface area contributed by atoms with Gasteiger partial charge in [-0.05, 0) is 7.05 Å². The van der Waals surface area contributed by atoms with Gasteiger partial charge in [-0.15, -0.1) is 0 Å². The fourth-order valence-corrected chi connectivity index (χ4v) is 1.89. The molecular formula is C11H15ClN4O2. The lowest BCUT2D eigenvalue weighted by Gasteiger charge is -2.30. The van der Waals surface area contributed by atoms with Crippen LogP contribution in [-0.2, 0) is 4.74 Å². The maximum atomic E-state index is 11.8. The number of amides is 1. The van der Waals surface area contributed by atoms with Crippen LogP contribution in [0.15, 0.2) is 12.4 Å². The van der Waals surface area contributed by atoms with Gasteiger partial charge >= 0.3 is 0 Å². The topological polar surface area (TPSA) is 67.3 Å². The number of halogens is 1. The number of likely N-dealkylation sites (N-methyl/N-ethyl adjacent to an activating group) is 1. The highest BCUT2D eigenvalue weighted by Gasteiger charge is 2.18. The van der Waals surface area contributed by atoms with E-state index in [-0.39, 0.29) is 22.9 Å². The smallest absolute Gasteiger partial charge is 0.271 e. The van der Waals surface area contributed by atoms with Crippen LogP contribution in [0.5, 0.6) is 0 Å². The average Bonchev–Trinajstić information content (AvgIpc) is 2.36. The van der Waals surface area contributed by atoms with E-state index >= 15 is 0 Å². The lowest BCUT2D eigenvalue weighted by molar-refractivity contribution is -0.0175. The largest absolute Gasteiger partial charge is 0.374 e. The van der Waals surface area contributed by atoms with Crippen molar-refractivity contribution in [2.45, 2.75) is 6.10 Å². The molecule has 1 aromatic rings. The first-order valence-electron chi connectivity index (χ1n) is 5.71. The number of aromatic nitrogens is 2. The maximum absolute atomic E-state index is 11.8. The SMILES string of the molecule is CN1CCOC(CNC(=O)c2cncc(Cl)n2)C1. The summed E-state index contributed by atoms with van der Waals surface area (Å²) in [5.41, 5.74) is 0.215. The molecule has 1 atom stereocenters. The van der Waals surface area contributed by atoms with Crippen molar-refractivity contribution in [2.75, 3.05) is 33.3 Å². The lowest BCUT2D eigenvalue weighted by atomic mass is 10.3. The third kappa shape index (κ3) is 3.63. The van der Waals surface area contributed by atoms with Crippen LogP contribution in [0.1, 0.15) is 10.5 Å². The molecule has 7 heteroatoms. The first-order valence-corrected chi connectivity index (χ1v) is 6.09. The van der Waals surface area contributed by atoms with Gasteiger partial charge in [0.15, 0.2) is 0 Å². The third-order valence-electron chi connectivity index (χ3n) is 2.67. The Morgan fingerprint density at radius 1 is 1.67 bits per heavy atom. The van der Waals surface area contributed by atoms with Crippen LogP contribution in [0.2, 0.25) is 5.15 Å². The highest BCUT2D eigenvalue weighted by molar-refractivity contribution is 6.29. The predicted octanol–water partition coefficient (Wildman–Crippen LogP) is 0.190. The Morgan fingerprint density at radius 3 is 3.22 bits per heavy atom. The van der Waals surface area contributed by atoms with E-state index in [9.17, 15) is 4.79 Å². The van der Waals surface area contributed by atoms with Gasteiger partial charge in [0.25, 0.3) is 5.91 Å². The second-order valence-electron chi connectivity index (χ2n) is 4.19. The summed E-state index contributed by atoms with van der Waals surface area (Å²) in [4.78, 5) is 21.7. The molecule has 0 bridgehead atoms. The van der Waals surface area contributed by atoms with Crippen molar-refractivity contribution in [3.63, 3.8) is 0 Å². The van der Waals surface area contributed by atoms with Gasteiger partial charge in [0.2, 0.25) is 0 Å². The lowest BCUT2D eigenvalue weighted by Crippen LogP contribution is -2.46. The molecule has 98 valence electrons. The summed E-state index contributed by atoms with van der Waals surface area (Å²) in [5.74, 6) is -0.290. The van der Waals surface area contributed by atoms with Gasteiger partial charge in [-0.3, -0.25) is 9.78 Å². The molecule has 0 spiro atoms. The average molecular weight is 271 g/mol. The van der Waals surface area contributed by atoms with E-state index in [1.807, 2.05) is 7.05 Å². The predicted molar refractivity (Wildman–Crippen MR) is 66.6 cm³/mol. The van der Waals surface area contributed by atoms with Gasteiger partial charge in [-0.1, -0.05) is 11.6 Å². The standard InChI is InChI=1S/C11H15ClN4O2/c1-16-2-3-18-8(7-16)4-14-11(17)9-5-13-6-10(12)15-9/h5-6,8H,2-4,7H2,1H3,(H,14,17). The third-order valence-corrected chi connectivity index (χ3v) is 2.85. The van der Waals surface area contributed by atoms with Crippen molar-refractivity contribution in [3.05, 3.63) is 23.2 Å². The maximum Gasteiger partial charge on any atom is 0.271 e. The molecule has 1 amide bonds. The van der Waals surface area contributed by atoms with E-state index < -0.39 is 0 Å². The van der Waals surface area contributed by atoms with E-state index in [4.69, 9.17) is 16.3 Å². The van der Waals surface area contributed by atoms with Crippen molar-refractivity contribution in [2.24, 2.45) is 0 Å². The van der Waals surface area contributed by atoms with Gasteiger partial charge in [-0.25, -0.2) is 4.98 Å². The van der Waals surface area contributed by atoms with Gasteiger partial charge < -0.3 is 15.0 Å². The van der Waals surface area contributed by atoms with Crippen molar-refractivity contribution in [1.29, 1.82) is 0 Å². The van der Waals surface area contributed by atoms with Crippen LogP contribution >= 0.6 is 11.6 Å².